The van der Waals surface area contributed by atoms with E-state index in [1.165, 1.54) is 0 Å². The number of aliphatic hydroxyl groups is 1. The Kier molecular flexibility index (Phi) is 9.92. The van der Waals surface area contributed by atoms with Crippen LogP contribution in [0, 0.1) is 28.1 Å². The molecule has 0 radical (unpaired) electrons. The Labute approximate surface area is 253 Å². The molecule has 4 heteroatoms. The molecule has 3 rings (SSSR count). The maximum absolute atomic E-state index is 15.1. The van der Waals surface area contributed by atoms with Crippen molar-refractivity contribution in [1.29, 1.82) is 0 Å². The van der Waals surface area contributed by atoms with Gasteiger partial charge in [-0.05, 0) is 97.8 Å². The molecule has 2 aliphatic carbocycles. The zero-order chi connectivity index (χ0) is 31.6. The van der Waals surface area contributed by atoms with Gasteiger partial charge in [0.25, 0.3) is 0 Å². The first-order valence-corrected chi connectivity index (χ1v) is 15.2. The quantitative estimate of drug-likeness (QED) is 0.1000. The number of hydrogen-bond donors (Lipinski definition) is 1. The molecule has 0 aromatic heterocycles. The molecule has 0 saturated heterocycles. The highest BCUT2D eigenvalue weighted by Crippen LogP contribution is 2.66. The SMILES string of the molecule is C=C(C)[C@@H](CC=C(C)C)C[C@@]12C[C@@H](CC=C(C)C)C(C)(C)[C@@](CC=C(C)C)(C(=O)C(=C(O)c3ccccc3)C1=O)C2=O. The molecule has 42 heavy (non-hydrogen) atoms. The van der Waals surface area contributed by atoms with Crippen molar-refractivity contribution < 1.29 is 19.5 Å². The van der Waals surface area contributed by atoms with Gasteiger partial charge in [0.05, 0.1) is 5.41 Å². The summed E-state index contributed by atoms with van der Waals surface area (Å²) < 4.78 is 0. The van der Waals surface area contributed by atoms with Crippen molar-refractivity contribution in [2.75, 3.05) is 0 Å². The normalized spacial score (nSPS) is 26.7. The molecule has 2 saturated carbocycles. The number of carbonyl (C=O) groups is 3. The zero-order valence-corrected chi connectivity index (χ0v) is 27.2. The van der Waals surface area contributed by atoms with Crippen LogP contribution in [0.5, 0.6) is 0 Å². The van der Waals surface area contributed by atoms with Crippen LogP contribution >= 0.6 is 0 Å². The van der Waals surface area contributed by atoms with Gasteiger partial charge in [0.15, 0.2) is 17.3 Å². The summed E-state index contributed by atoms with van der Waals surface area (Å²) >= 11 is 0. The van der Waals surface area contributed by atoms with Crippen molar-refractivity contribution in [3.05, 3.63) is 88.6 Å². The van der Waals surface area contributed by atoms with Crippen molar-refractivity contribution in [1.82, 2.24) is 0 Å². The fourth-order valence-corrected chi connectivity index (χ4v) is 7.01. The van der Waals surface area contributed by atoms with Crippen molar-refractivity contribution in [2.45, 2.75) is 94.4 Å². The predicted molar refractivity (Wildman–Crippen MR) is 173 cm³/mol. The molecule has 2 fully saturated rings. The molecule has 0 aliphatic heterocycles. The molecule has 0 spiro atoms. The van der Waals surface area contributed by atoms with E-state index in [0.29, 0.717) is 24.8 Å². The smallest absolute Gasteiger partial charge is 0.184 e. The highest BCUT2D eigenvalue weighted by atomic mass is 16.3. The summed E-state index contributed by atoms with van der Waals surface area (Å²) in [5.74, 6) is -1.93. The Morgan fingerprint density at radius 1 is 0.905 bits per heavy atom. The Morgan fingerprint density at radius 2 is 1.48 bits per heavy atom. The van der Waals surface area contributed by atoms with Gasteiger partial charge in [-0.15, -0.1) is 0 Å². The number of carbonyl (C=O) groups excluding carboxylic acids is 3. The largest absolute Gasteiger partial charge is 0.506 e. The fraction of sp³-hybridized carbons (Fsp3) is 0.500. The third-order valence-corrected chi connectivity index (χ3v) is 9.83. The van der Waals surface area contributed by atoms with Gasteiger partial charge in [-0.3, -0.25) is 14.4 Å². The number of fused-ring (bicyclic) bond motifs is 2. The van der Waals surface area contributed by atoms with Crippen LogP contribution < -0.4 is 0 Å². The van der Waals surface area contributed by atoms with E-state index in [2.05, 4.69) is 18.7 Å². The van der Waals surface area contributed by atoms with E-state index in [-0.39, 0.29) is 41.8 Å². The van der Waals surface area contributed by atoms with Crippen LogP contribution in [-0.2, 0) is 14.4 Å². The number of rotatable bonds is 10. The summed E-state index contributed by atoms with van der Waals surface area (Å²) in [7, 11) is 0. The van der Waals surface area contributed by atoms with Crippen LogP contribution in [0.15, 0.2) is 83.0 Å². The second-order valence-electron chi connectivity index (χ2n) is 14.0. The van der Waals surface area contributed by atoms with Crippen molar-refractivity contribution >= 4 is 23.1 Å². The number of Topliss-reactive ketones (excluding diaryl/α,β-unsaturated/α-hetero) is 3. The van der Waals surface area contributed by atoms with E-state index in [9.17, 15) is 14.7 Å². The van der Waals surface area contributed by atoms with Gasteiger partial charge in [0.2, 0.25) is 0 Å². The van der Waals surface area contributed by atoms with Crippen LogP contribution in [-0.4, -0.2) is 22.5 Å². The zero-order valence-electron chi connectivity index (χ0n) is 27.2. The summed E-state index contributed by atoms with van der Waals surface area (Å²) in [6.07, 6.45) is 8.34. The Balaban J connectivity index is 2.44. The standard InChI is InChI=1S/C38H50O4/c1-24(2)16-18-29(27(7)8)22-37-23-30(19-17-25(3)4)36(9,10)38(35(37)42,21-20-26(5)6)34(41)31(33(37)40)32(39)28-14-12-11-13-15-28/h11-17,20,29-30,39H,7,18-19,21-23H2,1-6,8-10H3/t29-,30+,37+,38-/m0/s1. The number of ketones is 3. The second-order valence-corrected chi connectivity index (χ2v) is 14.0. The van der Waals surface area contributed by atoms with Gasteiger partial charge < -0.3 is 5.11 Å². The summed E-state index contributed by atoms with van der Waals surface area (Å²) in [5.41, 5.74) is 0.665. The number of aliphatic hydroxyl groups excluding tert-OH is 1. The van der Waals surface area contributed by atoms with E-state index >= 15 is 4.79 Å². The number of benzene rings is 1. The van der Waals surface area contributed by atoms with E-state index in [0.717, 1.165) is 22.3 Å². The maximum Gasteiger partial charge on any atom is 0.184 e. The first-order valence-electron chi connectivity index (χ1n) is 15.2. The average Bonchev–Trinajstić information content (AvgIpc) is 2.91. The van der Waals surface area contributed by atoms with Crippen LogP contribution in [0.1, 0.15) is 100.0 Å². The lowest BCUT2D eigenvalue weighted by Gasteiger charge is -2.60. The Morgan fingerprint density at radius 3 is 2.00 bits per heavy atom. The third-order valence-electron chi connectivity index (χ3n) is 9.83. The maximum atomic E-state index is 15.1. The minimum Gasteiger partial charge on any atom is -0.506 e. The fourth-order valence-electron chi connectivity index (χ4n) is 7.01. The van der Waals surface area contributed by atoms with Gasteiger partial charge >= 0.3 is 0 Å². The first-order chi connectivity index (χ1) is 19.5. The van der Waals surface area contributed by atoms with Crippen LogP contribution in [0.4, 0.5) is 0 Å². The van der Waals surface area contributed by atoms with Gasteiger partial charge in [0.1, 0.15) is 16.7 Å². The molecular formula is C38H50O4. The minimum atomic E-state index is -1.50. The monoisotopic (exact) mass is 570 g/mol. The lowest BCUT2D eigenvalue weighted by atomic mass is 9.38. The third kappa shape index (κ3) is 5.82. The molecule has 2 bridgehead atoms. The Hall–Kier alpha value is -3.27. The van der Waals surface area contributed by atoms with Crippen molar-refractivity contribution in [2.24, 2.45) is 28.1 Å². The van der Waals surface area contributed by atoms with Crippen molar-refractivity contribution in [3.63, 3.8) is 0 Å². The molecule has 0 heterocycles. The van der Waals surface area contributed by atoms with E-state index < -0.39 is 27.8 Å². The molecule has 1 aromatic carbocycles. The van der Waals surface area contributed by atoms with Crippen LogP contribution in [0.25, 0.3) is 5.76 Å². The summed E-state index contributed by atoms with van der Waals surface area (Å²) in [6, 6.07) is 8.73. The Bertz CT molecular complexity index is 1370. The number of hydrogen-bond acceptors (Lipinski definition) is 4. The summed E-state index contributed by atoms with van der Waals surface area (Å²) in [5, 5.41) is 11.6. The molecule has 226 valence electrons. The van der Waals surface area contributed by atoms with Gasteiger partial charge in [-0.2, -0.15) is 0 Å². The molecule has 0 unspecified atom stereocenters. The predicted octanol–water partition coefficient (Wildman–Crippen LogP) is 9.35. The molecule has 1 N–H and O–H groups in total. The summed E-state index contributed by atoms with van der Waals surface area (Å²) in [6.45, 7) is 22.3. The van der Waals surface area contributed by atoms with Gasteiger partial charge in [-0.25, -0.2) is 0 Å². The van der Waals surface area contributed by atoms with E-state index in [1.807, 2.05) is 74.5 Å². The molecule has 4 atom stereocenters. The van der Waals surface area contributed by atoms with Crippen molar-refractivity contribution in [3.8, 4) is 0 Å². The van der Waals surface area contributed by atoms with Gasteiger partial charge in [-0.1, -0.05) is 91.3 Å². The summed E-state index contributed by atoms with van der Waals surface area (Å²) in [4.78, 5) is 44.8. The second kappa shape index (κ2) is 12.5. The number of allylic oxidation sites excluding steroid dienone is 8. The molecular weight excluding hydrogens is 520 g/mol. The molecule has 4 nitrogen and oxygen atoms in total. The van der Waals surface area contributed by atoms with Crippen LogP contribution in [0.2, 0.25) is 0 Å². The highest BCUT2D eigenvalue weighted by Gasteiger charge is 2.74. The molecule has 0 amide bonds. The highest BCUT2D eigenvalue weighted by molar-refractivity contribution is 6.41. The van der Waals surface area contributed by atoms with Crippen LogP contribution in [0.3, 0.4) is 0 Å². The van der Waals surface area contributed by atoms with E-state index in [1.54, 1.807) is 24.3 Å². The average molecular weight is 571 g/mol. The molecule has 2 aliphatic rings. The molecule has 1 aromatic rings. The van der Waals surface area contributed by atoms with E-state index in [4.69, 9.17) is 0 Å². The topological polar surface area (TPSA) is 71.4 Å². The lowest BCUT2D eigenvalue weighted by Crippen LogP contribution is -2.69. The lowest BCUT2D eigenvalue weighted by molar-refractivity contribution is -0.177. The first kappa shape index (κ1) is 33.2. The minimum absolute atomic E-state index is 0.0989. The van der Waals surface area contributed by atoms with Gasteiger partial charge in [0, 0.05) is 5.56 Å².